The highest BCUT2D eigenvalue weighted by Crippen LogP contribution is 2.36. The number of hydrogen-bond acceptors (Lipinski definition) is 4. The number of unbranched alkanes of at least 4 members (excludes halogenated alkanes) is 4. The van der Waals surface area contributed by atoms with Gasteiger partial charge in [-0.15, -0.1) is 0 Å². The molecule has 0 aromatic carbocycles. The molecule has 0 amide bonds. The highest BCUT2D eigenvalue weighted by molar-refractivity contribution is 5.49. The van der Waals surface area contributed by atoms with E-state index in [0.29, 0.717) is 19.3 Å². The Morgan fingerprint density at radius 2 is 1.75 bits per heavy atom. The van der Waals surface area contributed by atoms with E-state index >= 15 is 0 Å². The summed E-state index contributed by atoms with van der Waals surface area (Å²) in [7, 11) is 0. The lowest BCUT2D eigenvalue weighted by Crippen LogP contribution is -2.20. The van der Waals surface area contributed by atoms with Crippen molar-refractivity contribution in [2.24, 2.45) is 11.8 Å². The summed E-state index contributed by atoms with van der Waals surface area (Å²) in [5, 5.41) is 28.6. The normalized spacial score (nSPS) is 30.1. The molecule has 0 bridgehead atoms. The topological polar surface area (TPSA) is 77.8 Å². The SMILES string of the molecule is O=CCC[C@H]1[C@H](C=CCCCCCCO)[C@@H](O)C[C@H]1O. The maximum Gasteiger partial charge on any atom is 0.120 e. The zero-order chi connectivity index (χ0) is 14.8. The number of aliphatic hydroxyl groups is 3. The van der Waals surface area contributed by atoms with E-state index in [0.717, 1.165) is 38.4 Å². The van der Waals surface area contributed by atoms with Gasteiger partial charge in [0, 0.05) is 25.4 Å². The molecule has 4 heteroatoms. The van der Waals surface area contributed by atoms with Crippen molar-refractivity contribution in [3.8, 4) is 0 Å². The summed E-state index contributed by atoms with van der Waals surface area (Å²) in [5.41, 5.74) is 0. The van der Waals surface area contributed by atoms with E-state index in [4.69, 9.17) is 5.11 Å². The van der Waals surface area contributed by atoms with Gasteiger partial charge in [0.05, 0.1) is 12.2 Å². The van der Waals surface area contributed by atoms with Crippen LogP contribution in [0.2, 0.25) is 0 Å². The van der Waals surface area contributed by atoms with Crippen LogP contribution in [0.3, 0.4) is 0 Å². The third-order valence-electron chi connectivity index (χ3n) is 4.17. The summed E-state index contributed by atoms with van der Waals surface area (Å²) < 4.78 is 0. The van der Waals surface area contributed by atoms with Gasteiger partial charge in [-0.05, 0) is 31.6 Å². The number of allylic oxidation sites excluding steroid dienone is 1. The zero-order valence-electron chi connectivity index (χ0n) is 12.2. The summed E-state index contributed by atoms with van der Waals surface area (Å²) in [6.45, 7) is 0.264. The molecule has 1 aliphatic rings. The molecule has 0 aromatic heterocycles. The number of carbonyl (C=O) groups is 1. The van der Waals surface area contributed by atoms with Gasteiger partial charge in [0.2, 0.25) is 0 Å². The minimum Gasteiger partial charge on any atom is -0.396 e. The van der Waals surface area contributed by atoms with Crippen LogP contribution < -0.4 is 0 Å². The molecule has 4 nitrogen and oxygen atoms in total. The summed E-state index contributed by atoms with van der Waals surface area (Å²) in [5.74, 6) is -0.0248. The van der Waals surface area contributed by atoms with Crippen molar-refractivity contribution in [2.75, 3.05) is 6.61 Å². The lowest BCUT2D eigenvalue weighted by Gasteiger charge is -2.19. The molecular weight excluding hydrogens is 256 g/mol. The number of rotatable bonds is 10. The van der Waals surface area contributed by atoms with Crippen LogP contribution in [-0.2, 0) is 4.79 Å². The van der Waals surface area contributed by atoms with E-state index in [-0.39, 0.29) is 18.4 Å². The van der Waals surface area contributed by atoms with Crippen molar-refractivity contribution in [3.63, 3.8) is 0 Å². The number of aliphatic hydroxyl groups excluding tert-OH is 3. The van der Waals surface area contributed by atoms with E-state index in [9.17, 15) is 15.0 Å². The average Bonchev–Trinajstić information content (AvgIpc) is 2.70. The zero-order valence-corrected chi connectivity index (χ0v) is 12.2. The van der Waals surface area contributed by atoms with Gasteiger partial charge in [-0.3, -0.25) is 0 Å². The Hall–Kier alpha value is -0.710. The lowest BCUT2D eigenvalue weighted by molar-refractivity contribution is -0.108. The second-order valence-corrected chi connectivity index (χ2v) is 5.71. The largest absolute Gasteiger partial charge is 0.396 e. The number of hydrogen-bond donors (Lipinski definition) is 3. The summed E-state index contributed by atoms with van der Waals surface area (Å²) >= 11 is 0. The maximum absolute atomic E-state index is 10.5. The first-order chi connectivity index (χ1) is 9.70. The Morgan fingerprint density at radius 1 is 1.00 bits per heavy atom. The molecule has 1 rings (SSSR count). The summed E-state index contributed by atoms with van der Waals surface area (Å²) in [6.07, 6.45) is 10.6. The molecule has 1 saturated carbocycles. The first-order valence-corrected chi connectivity index (χ1v) is 7.78. The lowest BCUT2D eigenvalue weighted by atomic mass is 9.89. The van der Waals surface area contributed by atoms with Gasteiger partial charge in [0.25, 0.3) is 0 Å². The molecule has 3 N–H and O–H groups in total. The first kappa shape index (κ1) is 17.3. The number of aldehydes is 1. The van der Waals surface area contributed by atoms with Crippen molar-refractivity contribution in [1.82, 2.24) is 0 Å². The van der Waals surface area contributed by atoms with Crippen LogP contribution in [0.1, 0.15) is 51.4 Å². The molecular formula is C16H28O4. The molecule has 0 unspecified atom stereocenters. The highest BCUT2D eigenvalue weighted by Gasteiger charge is 2.39. The Bertz CT molecular complexity index is 290. The highest BCUT2D eigenvalue weighted by atomic mass is 16.3. The van der Waals surface area contributed by atoms with Crippen molar-refractivity contribution in [3.05, 3.63) is 12.2 Å². The molecule has 0 spiro atoms. The van der Waals surface area contributed by atoms with Gasteiger partial charge in [0.1, 0.15) is 6.29 Å². The van der Waals surface area contributed by atoms with Crippen LogP contribution in [0.25, 0.3) is 0 Å². The average molecular weight is 284 g/mol. The Morgan fingerprint density at radius 3 is 2.45 bits per heavy atom. The van der Waals surface area contributed by atoms with E-state index in [1.54, 1.807) is 0 Å². The third kappa shape index (κ3) is 5.73. The van der Waals surface area contributed by atoms with Crippen LogP contribution in [-0.4, -0.2) is 40.4 Å². The molecule has 0 saturated heterocycles. The van der Waals surface area contributed by atoms with Crippen LogP contribution >= 0.6 is 0 Å². The quantitative estimate of drug-likeness (QED) is 0.325. The van der Waals surface area contributed by atoms with Gasteiger partial charge < -0.3 is 20.1 Å². The van der Waals surface area contributed by atoms with Crippen molar-refractivity contribution >= 4 is 6.29 Å². The van der Waals surface area contributed by atoms with Crippen molar-refractivity contribution in [1.29, 1.82) is 0 Å². The molecule has 0 radical (unpaired) electrons. The molecule has 116 valence electrons. The van der Waals surface area contributed by atoms with Crippen molar-refractivity contribution < 1.29 is 20.1 Å². The standard InChI is InChI=1S/C16H28O4/c17-10-6-4-2-1-3-5-8-13-14(9-7-11-18)16(20)12-15(13)19/h5,8,11,13-17,19-20H,1-4,6-7,9-10,12H2/t13-,14-,15-,16+/m0/s1. The van der Waals surface area contributed by atoms with Gasteiger partial charge in [-0.2, -0.15) is 0 Å². The molecule has 20 heavy (non-hydrogen) atoms. The maximum atomic E-state index is 10.5. The second kappa shape index (κ2) is 10.1. The fourth-order valence-corrected chi connectivity index (χ4v) is 3.02. The fraction of sp³-hybridized carbons (Fsp3) is 0.812. The smallest absolute Gasteiger partial charge is 0.120 e. The van der Waals surface area contributed by atoms with Crippen molar-refractivity contribution in [2.45, 2.75) is 63.6 Å². The Kier molecular flexibility index (Phi) is 8.74. The van der Waals surface area contributed by atoms with E-state index in [2.05, 4.69) is 6.08 Å². The summed E-state index contributed by atoms with van der Waals surface area (Å²) in [6, 6.07) is 0. The Balaban J connectivity index is 2.32. The molecule has 4 atom stereocenters. The van der Waals surface area contributed by atoms with E-state index < -0.39 is 12.2 Å². The molecule has 0 aliphatic heterocycles. The van der Waals surface area contributed by atoms with Gasteiger partial charge in [-0.25, -0.2) is 0 Å². The monoisotopic (exact) mass is 284 g/mol. The van der Waals surface area contributed by atoms with Gasteiger partial charge >= 0.3 is 0 Å². The van der Waals surface area contributed by atoms with Crippen LogP contribution in [0, 0.1) is 11.8 Å². The second-order valence-electron chi connectivity index (χ2n) is 5.71. The molecule has 0 heterocycles. The third-order valence-corrected chi connectivity index (χ3v) is 4.17. The summed E-state index contributed by atoms with van der Waals surface area (Å²) in [4.78, 5) is 10.5. The number of carbonyl (C=O) groups excluding carboxylic acids is 1. The van der Waals surface area contributed by atoms with E-state index in [1.807, 2.05) is 6.08 Å². The van der Waals surface area contributed by atoms with Crippen LogP contribution in [0.5, 0.6) is 0 Å². The molecule has 1 fully saturated rings. The van der Waals surface area contributed by atoms with E-state index in [1.165, 1.54) is 0 Å². The van der Waals surface area contributed by atoms with Crippen LogP contribution in [0.4, 0.5) is 0 Å². The van der Waals surface area contributed by atoms with Crippen LogP contribution in [0.15, 0.2) is 12.2 Å². The minimum atomic E-state index is -0.496. The predicted octanol–water partition coefficient (Wildman–Crippen LogP) is 1.82. The Labute approximate surface area is 121 Å². The molecule has 0 aromatic rings. The molecule has 1 aliphatic carbocycles. The fourth-order valence-electron chi connectivity index (χ4n) is 3.02. The first-order valence-electron chi connectivity index (χ1n) is 7.78. The van der Waals surface area contributed by atoms with Gasteiger partial charge in [-0.1, -0.05) is 25.0 Å². The predicted molar refractivity (Wildman–Crippen MR) is 78.2 cm³/mol. The van der Waals surface area contributed by atoms with Gasteiger partial charge in [0.15, 0.2) is 0 Å². The minimum absolute atomic E-state index is 0.000777.